The molecule has 0 heterocycles. The van der Waals surface area contributed by atoms with Gasteiger partial charge in [-0.1, -0.05) is 32.9 Å². The van der Waals surface area contributed by atoms with Crippen LogP contribution < -0.4 is 4.72 Å². The Balaban J connectivity index is 2.99. The lowest BCUT2D eigenvalue weighted by Gasteiger charge is -2.24. The highest BCUT2D eigenvalue weighted by atomic mass is 32.2. The van der Waals surface area contributed by atoms with Crippen molar-refractivity contribution < 1.29 is 13.5 Å². The maximum atomic E-state index is 12.0. The number of rotatable bonds is 7. The third-order valence-electron chi connectivity index (χ3n) is 3.36. The molecular weight excluding hydrogens is 274 g/mol. The molecule has 0 bridgehead atoms. The molecule has 0 spiro atoms. The molecular formula is C15H25NO3S. The van der Waals surface area contributed by atoms with E-state index in [-0.39, 0.29) is 16.7 Å². The van der Waals surface area contributed by atoms with Crippen molar-refractivity contribution in [3.63, 3.8) is 0 Å². The van der Waals surface area contributed by atoms with Crippen LogP contribution in [0, 0.1) is 5.92 Å². The van der Waals surface area contributed by atoms with Gasteiger partial charge in [0, 0.05) is 12.5 Å². The summed E-state index contributed by atoms with van der Waals surface area (Å²) in [6, 6.07) is 6.78. The zero-order chi connectivity index (χ0) is 15.3. The Hall–Kier alpha value is -0.910. The van der Waals surface area contributed by atoms with Crippen LogP contribution in [0.15, 0.2) is 29.2 Å². The highest BCUT2D eigenvalue weighted by Crippen LogP contribution is 2.28. The molecule has 0 saturated heterocycles. The summed E-state index contributed by atoms with van der Waals surface area (Å²) in [5, 5.41) is 9.85. The third kappa shape index (κ3) is 4.30. The van der Waals surface area contributed by atoms with Gasteiger partial charge in [0.05, 0.1) is 11.0 Å². The van der Waals surface area contributed by atoms with E-state index >= 15 is 0 Å². The lowest BCUT2D eigenvalue weighted by Crippen LogP contribution is -2.24. The van der Waals surface area contributed by atoms with Gasteiger partial charge in [-0.15, -0.1) is 0 Å². The normalized spacial score (nSPS) is 15.3. The molecule has 2 unspecified atom stereocenters. The Labute approximate surface area is 122 Å². The number of aliphatic hydroxyl groups excluding tert-OH is 1. The summed E-state index contributed by atoms with van der Waals surface area (Å²) in [6.45, 7) is 8.21. The lowest BCUT2D eigenvalue weighted by molar-refractivity contribution is 0.140. The van der Waals surface area contributed by atoms with E-state index in [1.807, 2.05) is 20.8 Å². The topological polar surface area (TPSA) is 66.4 Å². The minimum atomic E-state index is -3.42. The summed E-state index contributed by atoms with van der Waals surface area (Å²) < 4.78 is 26.5. The number of hydrogen-bond acceptors (Lipinski definition) is 3. The van der Waals surface area contributed by atoms with E-state index in [1.54, 1.807) is 31.2 Å². The molecule has 0 aliphatic heterocycles. The molecule has 1 aromatic carbocycles. The van der Waals surface area contributed by atoms with E-state index < -0.39 is 16.1 Å². The van der Waals surface area contributed by atoms with Crippen LogP contribution in [0.3, 0.4) is 0 Å². The fourth-order valence-corrected chi connectivity index (χ4v) is 3.54. The van der Waals surface area contributed by atoms with Gasteiger partial charge >= 0.3 is 0 Å². The molecule has 114 valence electrons. The van der Waals surface area contributed by atoms with Crippen LogP contribution >= 0.6 is 0 Å². The van der Waals surface area contributed by atoms with Gasteiger partial charge in [0.25, 0.3) is 0 Å². The van der Waals surface area contributed by atoms with Crippen LogP contribution in [0.4, 0.5) is 0 Å². The summed E-state index contributed by atoms with van der Waals surface area (Å²) in [4.78, 5) is 0.266. The van der Waals surface area contributed by atoms with Gasteiger partial charge in [-0.3, -0.25) is 0 Å². The SMILES string of the molecule is CCCNS(=O)(=O)c1ccc(C(C(C)C)C(C)O)cc1. The maximum Gasteiger partial charge on any atom is 0.240 e. The first-order chi connectivity index (χ1) is 9.29. The third-order valence-corrected chi connectivity index (χ3v) is 4.83. The van der Waals surface area contributed by atoms with Crippen molar-refractivity contribution in [1.82, 2.24) is 4.72 Å². The Morgan fingerprint density at radius 3 is 2.10 bits per heavy atom. The van der Waals surface area contributed by atoms with Crippen molar-refractivity contribution in [2.45, 2.75) is 51.0 Å². The second kappa shape index (κ2) is 7.20. The average molecular weight is 299 g/mol. The number of aliphatic hydroxyl groups is 1. The van der Waals surface area contributed by atoms with Crippen molar-refractivity contribution in [3.05, 3.63) is 29.8 Å². The highest BCUT2D eigenvalue weighted by molar-refractivity contribution is 7.89. The Bertz CT molecular complexity index is 498. The minimum absolute atomic E-state index is 0.00959. The van der Waals surface area contributed by atoms with Crippen molar-refractivity contribution in [3.8, 4) is 0 Å². The minimum Gasteiger partial charge on any atom is -0.393 e. The largest absolute Gasteiger partial charge is 0.393 e. The van der Waals surface area contributed by atoms with Crippen LogP contribution in [0.2, 0.25) is 0 Å². The van der Waals surface area contributed by atoms with Crippen molar-refractivity contribution in [2.75, 3.05) is 6.54 Å². The predicted molar refractivity (Wildman–Crippen MR) is 81.2 cm³/mol. The van der Waals surface area contributed by atoms with Crippen LogP contribution in [0.5, 0.6) is 0 Å². The highest BCUT2D eigenvalue weighted by Gasteiger charge is 2.22. The van der Waals surface area contributed by atoms with Gasteiger partial charge in [-0.05, 0) is 37.0 Å². The second-order valence-corrected chi connectivity index (χ2v) is 7.24. The molecule has 1 rings (SSSR count). The summed E-state index contributed by atoms with van der Waals surface area (Å²) in [7, 11) is -3.42. The maximum absolute atomic E-state index is 12.0. The Morgan fingerprint density at radius 2 is 1.70 bits per heavy atom. The number of sulfonamides is 1. The van der Waals surface area contributed by atoms with Crippen LogP contribution in [0.25, 0.3) is 0 Å². The molecule has 0 fully saturated rings. The molecule has 0 radical (unpaired) electrons. The zero-order valence-electron chi connectivity index (χ0n) is 12.6. The molecule has 4 nitrogen and oxygen atoms in total. The molecule has 0 aliphatic carbocycles. The second-order valence-electron chi connectivity index (χ2n) is 5.48. The van der Waals surface area contributed by atoms with Gasteiger partial charge in [-0.25, -0.2) is 13.1 Å². The summed E-state index contributed by atoms with van der Waals surface area (Å²) in [6.07, 6.45) is 0.296. The monoisotopic (exact) mass is 299 g/mol. The molecule has 5 heteroatoms. The first-order valence-corrected chi connectivity index (χ1v) is 8.55. The molecule has 2 atom stereocenters. The molecule has 0 aliphatic rings. The zero-order valence-corrected chi connectivity index (χ0v) is 13.4. The van der Waals surface area contributed by atoms with Crippen molar-refractivity contribution >= 4 is 10.0 Å². The predicted octanol–water partition coefficient (Wildman–Crippen LogP) is 2.50. The smallest absolute Gasteiger partial charge is 0.240 e. The standard InChI is InChI=1S/C15H25NO3S/c1-5-10-16-20(18,19)14-8-6-13(7-9-14)15(11(2)3)12(4)17/h6-9,11-12,15-17H,5,10H2,1-4H3. The van der Waals surface area contributed by atoms with E-state index in [4.69, 9.17) is 0 Å². The van der Waals surface area contributed by atoms with E-state index in [0.717, 1.165) is 12.0 Å². The molecule has 2 N–H and O–H groups in total. The fourth-order valence-electron chi connectivity index (χ4n) is 2.41. The number of hydrogen-bond donors (Lipinski definition) is 2. The van der Waals surface area contributed by atoms with E-state index in [0.29, 0.717) is 6.54 Å². The van der Waals surface area contributed by atoms with Gasteiger partial charge in [0.1, 0.15) is 0 Å². The van der Waals surface area contributed by atoms with Crippen LogP contribution in [-0.4, -0.2) is 26.2 Å². The Morgan fingerprint density at radius 1 is 1.15 bits per heavy atom. The molecule has 1 aromatic rings. The van der Waals surface area contributed by atoms with Crippen molar-refractivity contribution in [1.29, 1.82) is 0 Å². The molecule has 0 saturated carbocycles. The average Bonchev–Trinajstić information content (AvgIpc) is 2.36. The first-order valence-electron chi connectivity index (χ1n) is 7.07. The van der Waals surface area contributed by atoms with Gasteiger partial charge in [0.15, 0.2) is 0 Å². The van der Waals surface area contributed by atoms with E-state index in [9.17, 15) is 13.5 Å². The summed E-state index contributed by atoms with van der Waals surface area (Å²) in [5.41, 5.74) is 0.962. The quantitative estimate of drug-likeness (QED) is 0.813. The number of benzene rings is 1. The number of nitrogens with one attached hydrogen (secondary N) is 1. The Kier molecular flexibility index (Phi) is 6.17. The van der Waals surface area contributed by atoms with E-state index in [2.05, 4.69) is 4.72 Å². The molecule has 0 amide bonds. The summed E-state index contributed by atoms with van der Waals surface area (Å²) in [5.74, 6) is 0.297. The van der Waals surface area contributed by atoms with Gasteiger partial charge in [-0.2, -0.15) is 0 Å². The van der Waals surface area contributed by atoms with Crippen molar-refractivity contribution in [2.24, 2.45) is 5.92 Å². The lowest BCUT2D eigenvalue weighted by atomic mass is 9.85. The van der Waals surface area contributed by atoms with E-state index in [1.165, 1.54) is 0 Å². The molecule has 20 heavy (non-hydrogen) atoms. The first kappa shape index (κ1) is 17.1. The van der Waals surface area contributed by atoms with Gasteiger partial charge in [0.2, 0.25) is 10.0 Å². The van der Waals surface area contributed by atoms with Gasteiger partial charge < -0.3 is 5.11 Å². The summed E-state index contributed by atoms with van der Waals surface area (Å²) >= 11 is 0. The fraction of sp³-hybridized carbons (Fsp3) is 0.600. The van der Waals surface area contributed by atoms with Crippen LogP contribution in [0.1, 0.15) is 45.6 Å². The molecule has 0 aromatic heterocycles. The van der Waals surface area contributed by atoms with Crippen LogP contribution in [-0.2, 0) is 10.0 Å².